The summed E-state index contributed by atoms with van der Waals surface area (Å²) < 4.78 is 40.9. The largest absolute Gasteiger partial charge is 0.354 e. The fourth-order valence-corrected chi connectivity index (χ4v) is 6.26. The van der Waals surface area contributed by atoms with Crippen LogP contribution in [0.3, 0.4) is 0 Å². The number of fused-ring (bicyclic) bond motifs is 1. The number of rotatable bonds is 6. The lowest BCUT2D eigenvalue weighted by molar-refractivity contribution is -0.126. The minimum absolute atomic E-state index is 0.0385. The molecule has 33 heavy (non-hydrogen) atoms. The molecule has 2 aliphatic rings. The van der Waals surface area contributed by atoms with Crippen LogP contribution in [0.1, 0.15) is 37.8 Å². The lowest BCUT2D eigenvalue weighted by atomic mass is 9.93. The summed E-state index contributed by atoms with van der Waals surface area (Å²) in [6.07, 6.45) is 1.86. The van der Waals surface area contributed by atoms with E-state index in [4.69, 9.17) is 0 Å². The summed E-state index contributed by atoms with van der Waals surface area (Å²) in [5.74, 6) is -1.03. The smallest absolute Gasteiger partial charge is 0.245 e. The van der Waals surface area contributed by atoms with E-state index < -0.39 is 15.8 Å². The van der Waals surface area contributed by atoms with Gasteiger partial charge in [0.1, 0.15) is 10.7 Å². The predicted octanol–water partition coefficient (Wildman–Crippen LogP) is 3.18. The molecule has 1 saturated heterocycles. The quantitative estimate of drug-likeness (QED) is 0.700. The van der Waals surface area contributed by atoms with Crippen molar-refractivity contribution in [2.75, 3.05) is 26.2 Å². The van der Waals surface area contributed by atoms with Crippen LogP contribution in [-0.2, 0) is 27.8 Å². The number of halogens is 1. The zero-order valence-electron chi connectivity index (χ0n) is 19.3. The molecule has 0 atom stereocenters. The van der Waals surface area contributed by atoms with Crippen LogP contribution in [0.5, 0.6) is 0 Å². The maximum absolute atomic E-state index is 14.0. The average molecular weight is 474 g/mol. The van der Waals surface area contributed by atoms with Crippen LogP contribution in [0.25, 0.3) is 0 Å². The third-order valence-corrected chi connectivity index (χ3v) is 8.89. The first-order chi connectivity index (χ1) is 15.7. The van der Waals surface area contributed by atoms with E-state index >= 15 is 0 Å². The lowest BCUT2D eigenvalue weighted by Gasteiger charge is -2.42. The van der Waals surface area contributed by atoms with Gasteiger partial charge in [-0.1, -0.05) is 36.4 Å². The molecule has 4 rings (SSSR count). The van der Waals surface area contributed by atoms with Crippen molar-refractivity contribution in [2.24, 2.45) is 5.92 Å². The van der Waals surface area contributed by atoms with Gasteiger partial charge in [-0.15, -0.1) is 0 Å². The second kappa shape index (κ2) is 9.52. The molecule has 1 fully saturated rings. The fourth-order valence-electron chi connectivity index (χ4n) is 4.72. The molecule has 0 aliphatic carbocycles. The third kappa shape index (κ3) is 5.13. The highest BCUT2D eigenvalue weighted by atomic mass is 32.2. The number of piperidine rings is 1. The topological polar surface area (TPSA) is 69.7 Å². The molecule has 2 heterocycles. The molecule has 8 heteroatoms. The zero-order valence-corrected chi connectivity index (χ0v) is 20.1. The summed E-state index contributed by atoms with van der Waals surface area (Å²) in [5, 5.41) is 3.10. The first-order valence-electron chi connectivity index (χ1n) is 11.5. The molecule has 1 amide bonds. The minimum atomic E-state index is -3.90. The number of hydrogen-bond donors (Lipinski definition) is 1. The molecule has 2 aromatic carbocycles. The lowest BCUT2D eigenvalue weighted by Crippen LogP contribution is -2.54. The number of nitrogens with one attached hydrogen (secondary N) is 1. The summed E-state index contributed by atoms with van der Waals surface area (Å²) in [4.78, 5) is 14.9. The molecule has 0 spiro atoms. The van der Waals surface area contributed by atoms with Gasteiger partial charge in [0.15, 0.2) is 0 Å². The van der Waals surface area contributed by atoms with E-state index in [9.17, 15) is 17.6 Å². The maximum atomic E-state index is 14.0. The van der Waals surface area contributed by atoms with Crippen LogP contribution in [0.4, 0.5) is 4.39 Å². The molecule has 178 valence electrons. The Morgan fingerprint density at radius 1 is 1.03 bits per heavy atom. The maximum Gasteiger partial charge on any atom is 0.245 e. The van der Waals surface area contributed by atoms with E-state index in [0.29, 0.717) is 19.4 Å². The van der Waals surface area contributed by atoms with E-state index in [1.54, 1.807) is 0 Å². The Morgan fingerprint density at radius 3 is 2.36 bits per heavy atom. The molecular formula is C25H32FN3O3S. The van der Waals surface area contributed by atoms with E-state index in [2.05, 4.69) is 48.3 Å². The number of hydrogen-bond acceptors (Lipinski definition) is 4. The molecule has 0 bridgehead atoms. The summed E-state index contributed by atoms with van der Waals surface area (Å²) in [7, 11) is -3.90. The SMILES string of the molecule is CC(C)(CNC(=O)C1CCN(S(=O)(=O)c2ccccc2F)CC1)N1CCc2ccccc2C1. The van der Waals surface area contributed by atoms with Gasteiger partial charge in [0, 0.05) is 44.2 Å². The fraction of sp³-hybridized carbons (Fsp3) is 0.480. The number of benzene rings is 2. The zero-order chi connectivity index (χ0) is 23.6. The van der Waals surface area contributed by atoms with Gasteiger partial charge >= 0.3 is 0 Å². The van der Waals surface area contributed by atoms with Gasteiger partial charge in [0.25, 0.3) is 0 Å². The summed E-state index contributed by atoms with van der Waals surface area (Å²) >= 11 is 0. The molecule has 2 aliphatic heterocycles. The van der Waals surface area contributed by atoms with Gasteiger partial charge < -0.3 is 5.32 Å². The van der Waals surface area contributed by atoms with Gasteiger partial charge in [-0.2, -0.15) is 4.31 Å². The van der Waals surface area contributed by atoms with E-state index in [1.807, 2.05) is 0 Å². The van der Waals surface area contributed by atoms with Crippen molar-refractivity contribution in [3.63, 3.8) is 0 Å². The van der Waals surface area contributed by atoms with E-state index in [1.165, 1.54) is 33.6 Å². The number of carbonyl (C=O) groups is 1. The first kappa shape index (κ1) is 23.9. The number of sulfonamides is 1. The van der Waals surface area contributed by atoms with E-state index in [-0.39, 0.29) is 35.3 Å². The Kier molecular flexibility index (Phi) is 6.88. The summed E-state index contributed by atoms with van der Waals surface area (Å²) in [6, 6.07) is 13.9. The molecule has 6 nitrogen and oxygen atoms in total. The Bertz CT molecular complexity index is 1110. The van der Waals surface area contributed by atoms with Crippen LogP contribution >= 0.6 is 0 Å². The summed E-state index contributed by atoms with van der Waals surface area (Å²) in [5.41, 5.74) is 2.54. The van der Waals surface area contributed by atoms with Crippen LogP contribution in [0.15, 0.2) is 53.4 Å². The van der Waals surface area contributed by atoms with Gasteiger partial charge in [0.05, 0.1) is 0 Å². The average Bonchev–Trinajstić information content (AvgIpc) is 2.82. The van der Waals surface area contributed by atoms with Gasteiger partial charge in [-0.3, -0.25) is 9.69 Å². The highest BCUT2D eigenvalue weighted by molar-refractivity contribution is 7.89. The Morgan fingerprint density at radius 2 is 1.67 bits per heavy atom. The highest BCUT2D eigenvalue weighted by Crippen LogP contribution is 2.27. The molecule has 0 unspecified atom stereocenters. The first-order valence-corrected chi connectivity index (χ1v) is 13.0. The normalized spacial score (nSPS) is 18.6. The number of nitrogens with zero attached hydrogens (tertiary/aromatic N) is 2. The van der Waals surface area contributed by atoms with Gasteiger partial charge in [0.2, 0.25) is 15.9 Å². The Labute approximate surface area is 195 Å². The van der Waals surface area contributed by atoms with Crippen molar-refractivity contribution >= 4 is 15.9 Å². The van der Waals surface area contributed by atoms with Crippen LogP contribution < -0.4 is 5.32 Å². The Balaban J connectivity index is 1.30. The van der Waals surface area contributed by atoms with Crippen molar-refractivity contribution in [1.29, 1.82) is 0 Å². The van der Waals surface area contributed by atoms with Crippen molar-refractivity contribution in [3.8, 4) is 0 Å². The van der Waals surface area contributed by atoms with Gasteiger partial charge in [-0.25, -0.2) is 12.8 Å². The Hall–Kier alpha value is -2.29. The van der Waals surface area contributed by atoms with Crippen molar-refractivity contribution in [1.82, 2.24) is 14.5 Å². The van der Waals surface area contributed by atoms with Crippen molar-refractivity contribution < 1.29 is 17.6 Å². The van der Waals surface area contributed by atoms with Crippen molar-refractivity contribution in [2.45, 2.75) is 50.1 Å². The summed E-state index contributed by atoms with van der Waals surface area (Å²) in [6.45, 7) is 7.05. The third-order valence-electron chi connectivity index (χ3n) is 6.96. The van der Waals surface area contributed by atoms with Crippen LogP contribution in [0.2, 0.25) is 0 Å². The monoisotopic (exact) mass is 473 g/mol. The van der Waals surface area contributed by atoms with Crippen LogP contribution in [0, 0.1) is 11.7 Å². The molecule has 1 N–H and O–H groups in total. The molecule has 2 aromatic rings. The van der Waals surface area contributed by atoms with Crippen LogP contribution in [-0.4, -0.2) is 55.2 Å². The van der Waals surface area contributed by atoms with Crippen molar-refractivity contribution in [3.05, 3.63) is 65.5 Å². The predicted molar refractivity (Wildman–Crippen MR) is 126 cm³/mol. The molecule has 0 radical (unpaired) electrons. The second-order valence-corrected chi connectivity index (χ2v) is 11.5. The minimum Gasteiger partial charge on any atom is -0.354 e. The number of carbonyl (C=O) groups excluding carboxylic acids is 1. The van der Waals surface area contributed by atoms with Gasteiger partial charge in [-0.05, 0) is 56.4 Å². The number of amides is 1. The molecular weight excluding hydrogens is 441 g/mol. The highest BCUT2D eigenvalue weighted by Gasteiger charge is 2.35. The standard InChI is InChI=1S/C25H32FN3O3S/c1-25(2,28-14-11-19-7-3-4-8-21(19)17-28)18-27-24(30)20-12-15-29(16-13-20)33(31,32)23-10-6-5-9-22(23)26/h3-10,20H,11-18H2,1-2H3,(H,27,30). The second-order valence-electron chi connectivity index (χ2n) is 9.58. The molecule has 0 saturated carbocycles. The molecule has 0 aromatic heterocycles. The van der Waals surface area contributed by atoms with E-state index in [0.717, 1.165) is 25.6 Å².